The molecule has 0 aliphatic rings. The molecular weight excluding hydrogens is 548 g/mol. The van der Waals surface area contributed by atoms with Gasteiger partial charge >= 0.3 is 11.8 Å². The molecule has 11 heteroatoms. The van der Waals surface area contributed by atoms with Gasteiger partial charge in [0.2, 0.25) is 0 Å². The number of unbranched alkanes of at least 4 members (excludes halogenated alkanes) is 1. The molecule has 3 N–H and O–H groups in total. The van der Waals surface area contributed by atoms with Crippen molar-refractivity contribution in [2.75, 3.05) is 30.5 Å². The fourth-order valence-corrected chi connectivity index (χ4v) is 3.56. The first-order chi connectivity index (χ1) is 19.8. The average Bonchev–Trinajstić information content (AvgIpc) is 2.95. The number of aryl methyl sites for hydroxylation is 1. The minimum Gasteiger partial charge on any atom is -0.494 e. The number of nitrogens with zero attached hydrogens (tertiary/aromatic N) is 1. The summed E-state index contributed by atoms with van der Waals surface area (Å²) in [5.41, 5.74) is 4.68. The summed E-state index contributed by atoms with van der Waals surface area (Å²) in [5.74, 6) is -0.748. The Morgan fingerprint density at radius 1 is 0.854 bits per heavy atom. The van der Waals surface area contributed by atoms with Crippen molar-refractivity contribution >= 4 is 46.9 Å². The van der Waals surface area contributed by atoms with Gasteiger partial charge in [0.25, 0.3) is 5.91 Å². The second kappa shape index (κ2) is 15.9. The summed E-state index contributed by atoms with van der Waals surface area (Å²) < 4.78 is 16.9. The number of carbonyl (C=O) groups excluding carboxylic acids is 3. The molecule has 0 saturated heterocycles. The first-order valence-electron chi connectivity index (χ1n) is 13.1. The highest BCUT2D eigenvalue weighted by molar-refractivity contribution is 6.39. The number of ether oxygens (including phenoxy) is 3. The van der Waals surface area contributed by atoms with Crippen molar-refractivity contribution < 1.29 is 28.6 Å². The molecule has 0 saturated carbocycles. The van der Waals surface area contributed by atoms with Crippen LogP contribution >= 0.6 is 11.6 Å². The zero-order valence-electron chi connectivity index (χ0n) is 23.2. The van der Waals surface area contributed by atoms with Crippen LogP contribution in [0.4, 0.5) is 11.4 Å². The van der Waals surface area contributed by atoms with Gasteiger partial charge in [-0.05, 0) is 86.0 Å². The Morgan fingerprint density at radius 2 is 1.61 bits per heavy atom. The SMILES string of the molecule is CCCCOc1ccc(NC(=O)C(=O)N/N=C\c2ccc(OCC(=O)Nc3ccc(C)c(Cl)c3)c(OCC)c2)cc1. The first-order valence-corrected chi connectivity index (χ1v) is 13.5. The largest absolute Gasteiger partial charge is 0.494 e. The Kier molecular flexibility index (Phi) is 12.0. The Hall–Kier alpha value is -4.57. The van der Waals surface area contributed by atoms with Gasteiger partial charge in [0.15, 0.2) is 18.1 Å². The van der Waals surface area contributed by atoms with E-state index in [2.05, 4.69) is 28.1 Å². The molecule has 0 heterocycles. The highest BCUT2D eigenvalue weighted by Gasteiger charge is 2.13. The van der Waals surface area contributed by atoms with Crippen LogP contribution in [-0.4, -0.2) is 43.8 Å². The van der Waals surface area contributed by atoms with Crippen molar-refractivity contribution in [3.8, 4) is 17.2 Å². The van der Waals surface area contributed by atoms with Crippen LogP contribution in [0.2, 0.25) is 5.02 Å². The molecule has 3 aromatic rings. The van der Waals surface area contributed by atoms with Crippen LogP contribution in [0.5, 0.6) is 17.2 Å². The smallest absolute Gasteiger partial charge is 0.329 e. The zero-order valence-corrected chi connectivity index (χ0v) is 23.9. The van der Waals surface area contributed by atoms with E-state index in [-0.39, 0.29) is 12.5 Å². The van der Waals surface area contributed by atoms with E-state index in [1.807, 2.05) is 19.9 Å². The molecule has 3 rings (SSSR count). The van der Waals surface area contributed by atoms with E-state index in [0.29, 0.717) is 52.4 Å². The molecule has 3 amide bonds. The predicted octanol–water partition coefficient (Wildman–Crippen LogP) is 5.33. The standard InChI is InChI=1S/C30H33ClN4O6/c1-4-6-15-40-24-12-10-22(11-13-24)34-29(37)30(38)35-32-18-21-8-14-26(27(16-21)39-5-2)41-19-28(36)33-23-9-7-20(3)25(31)17-23/h7-14,16-18H,4-6,15,19H2,1-3H3,(H,33,36)(H,34,37)(H,35,38)/b32-18-. The first kappa shape index (κ1) is 31.0. The number of hydrogen-bond acceptors (Lipinski definition) is 7. The molecule has 0 unspecified atom stereocenters. The van der Waals surface area contributed by atoms with Crippen LogP contribution in [0.25, 0.3) is 0 Å². The molecule has 0 atom stereocenters. The molecule has 0 fully saturated rings. The molecule has 41 heavy (non-hydrogen) atoms. The van der Waals surface area contributed by atoms with Gasteiger partial charge in [-0.3, -0.25) is 14.4 Å². The number of anilines is 2. The number of benzene rings is 3. The number of amides is 3. The van der Waals surface area contributed by atoms with Gasteiger partial charge in [0.05, 0.1) is 19.4 Å². The van der Waals surface area contributed by atoms with Gasteiger partial charge in [-0.25, -0.2) is 5.43 Å². The van der Waals surface area contributed by atoms with Crippen molar-refractivity contribution in [3.63, 3.8) is 0 Å². The van der Waals surface area contributed by atoms with Crippen molar-refractivity contribution in [2.45, 2.75) is 33.6 Å². The Balaban J connectivity index is 1.51. The molecular formula is C30H33ClN4O6. The molecule has 0 spiro atoms. The summed E-state index contributed by atoms with van der Waals surface area (Å²) in [6.45, 7) is 6.48. The van der Waals surface area contributed by atoms with E-state index in [1.54, 1.807) is 54.6 Å². The summed E-state index contributed by atoms with van der Waals surface area (Å²) >= 11 is 6.11. The Labute approximate surface area is 244 Å². The van der Waals surface area contributed by atoms with E-state index in [9.17, 15) is 14.4 Å². The minimum atomic E-state index is -0.935. The van der Waals surface area contributed by atoms with Gasteiger partial charge in [-0.15, -0.1) is 0 Å². The van der Waals surface area contributed by atoms with Crippen molar-refractivity contribution in [1.82, 2.24) is 5.43 Å². The maximum atomic E-state index is 12.3. The van der Waals surface area contributed by atoms with E-state index < -0.39 is 11.8 Å². The van der Waals surface area contributed by atoms with Gasteiger partial charge in [-0.1, -0.05) is 31.0 Å². The lowest BCUT2D eigenvalue weighted by Gasteiger charge is -2.13. The van der Waals surface area contributed by atoms with Crippen LogP contribution < -0.4 is 30.3 Å². The predicted molar refractivity (Wildman–Crippen MR) is 159 cm³/mol. The van der Waals surface area contributed by atoms with Crippen molar-refractivity contribution in [2.24, 2.45) is 5.10 Å². The highest BCUT2D eigenvalue weighted by atomic mass is 35.5. The zero-order chi connectivity index (χ0) is 29.6. The maximum Gasteiger partial charge on any atom is 0.329 e. The van der Waals surface area contributed by atoms with Gasteiger partial charge in [0, 0.05) is 16.4 Å². The van der Waals surface area contributed by atoms with Gasteiger partial charge in [0.1, 0.15) is 5.75 Å². The van der Waals surface area contributed by atoms with Gasteiger partial charge in [-0.2, -0.15) is 5.10 Å². The van der Waals surface area contributed by atoms with E-state index >= 15 is 0 Å². The summed E-state index contributed by atoms with van der Waals surface area (Å²) in [6.07, 6.45) is 3.34. The Bertz CT molecular complexity index is 1380. The third-order valence-corrected chi connectivity index (χ3v) is 5.95. The molecule has 0 radical (unpaired) electrons. The van der Waals surface area contributed by atoms with E-state index in [1.165, 1.54) is 6.21 Å². The average molecular weight is 581 g/mol. The summed E-state index contributed by atoms with van der Waals surface area (Å²) in [7, 11) is 0. The number of hydrogen-bond donors (Lipinski definition) is 3. The second-order valence-corrected chi connectivity index (χ2v) is 9.23. The maximum absolute atomic E-state index is 12.3. The fourth-order valence-electron chi connectivity index (χ4n) is 3.38. The van der Waals surface area contributed by atoms with E-state index in [0.717, 1.165) is 18.4 Å². The molecule has 0 aliphatic heterocycles. The summed E-state index contributed by atoms with van der Waals surface area (Å²) in [6, 6.07) is 16.9. The molecule has 0 bridgehead atoms. The normalized spacial score (nSPS) is 10.6. The van der Waals surface area contributed by atoms with Crippen LogP contribution in [0.1, 0.15) is 37.8 Å². The molecule has 3 aromatic carbocycles. The summed E-state index contributed by atoms with van der Waals surface area (Å²) in [5, 5.41) is 9.63. The lowest BCUT2D eigenvalue weighted by atomic mass is 10.2. The number of carbonyl (C=O) groups is 3. The molecule has 216 valence electrons. The number of rotatable bonds is 13. The molecule has 0 aromatic heterocycles. The van der Waals surface area contributed by atoms with Crippen molar-refractivity contribution in [1.29, 1.82) is 0 Å². The number of nitrogens with one attached hydrogen (secondary N) is 3. The fraction of sp³-hybridized carbons (Fsp3) is 0.267. The Morgan fingerprint density at radius 3 is 2.32 bits per heavy atom. The second-order valence-electron chi connectivity index (χ2n) is 8.82. The van der Waals surface area contributed by atoms with Crippen molar-refractivity contribution in [3.05, 3.63) is 76.8 Å². The lowest BCUT2D eigenvalue weighted by molar-refractivity contribution is -0.136. The van der Waals surface area contributed by atoms with Crippen LogP contribution in [-0.2, 0) is 14.4 Å². The highest BCUT2D eigenvalue weighted by Crippen LogP contribution is 2.28. The van der Waals surface area contributed by atoms with Crippen LogP contribution in [0.15, 0.2) is 65.8 Å². The molecule has 10 nitrogen and oxygen atoms in total. The third-order valence-electron chi connectivity index (χ3n) is 5.55. The van der Waals surface area contributed by atoms with E-state index in [4.69, 9.17) is 25.8 Å². The quantitative estimate of drug-likeness (QED) is 0.108. The monoisotopic (exact) mass is 580 g/mol. The van der Waals surface area contributed by atoms with Crippen LogP contribution in [0, 0.1) is 6.92 Å². The summed E-state index contributed by atoms with van der Waals surface area (Å²) in [4.78, 5) is 36.7. The topological polar surface area (TPSA) is 127 Å². The van der Waals surface area contributed by atoms with Crippen LogP contribution in [0.3, 0.4) is 0 Å². The molecule has 0 aliphatic carbocycles. The minimum absolute atomic E-state index is 0.251. The number of hydrazone groups is 1. The van der Waals surface area contributed by atoms with Gasteiger partial charge < -0.3 is 24.8 Å². The lowest BCUT2D eigenvalue weighted by Crippen LogP contribution is -2.32. The third kappa shape index (κ3) is 10.2. The number of halogens is 1.